The smallest absolute Gasteiger partial charge is 0.0987 e. The van der Waals surface area contributed by atoms with Crippen molar-refractivity contribution in [3.8, 4) is 0 Å². The number of hydrogen-bond donors (Lipinski definition) is 2. The third kappa shape index (κ3) is 1.92. The molecule has 1 aromatic rings. The zero-order valence-corrected chi connectivity index (χ0v) is 7.57. The highest BCUT2D eigenvalue weighted by atomic mass is 16.5. The van der Waals surface area contributed by atoms with Gasteiger partial charge in [0.1, 0.15) is 0 Å². The van der Waals surface area contributed by atoms with Crippen molar-refractivity contribution in [2.45, 2.75) is 18.9 Å². The molecule has 0 amide bonds. The molecule has 1 fully saturated rings. The molecule has 1 saturated heterocycles. The lowest BCUT2D eigenvalue weighted by Gasteiger charge is -2.26. The van der Waals surface area contributed by atoms with E-state index in [1.54, 1.807) is 0 Å². The van der Waals surface area contributed by atoms with Crippen LogP contribution in [-0.2, 0) is 4.74 Å². The van der Waals surface area contributed by atoms with Crippen molar-refractivity contribution in [1.82, 2.24) is 4.98 Å². The molecule has 2 unspecified atom stereocenters. The van der Waals surface area contributed by atoms with Crippen LogP contribution >= 0.6 is 0 Å². The fourth-order valence-electron chi connectivity index (χ4n) is 1.80. The van der Waals surface area contributed by atoms with Crippen molar-refractivity contribution in [2.24, 2.45) is 5.92 Å². The first-order valence-corrected chi connectivity index (χ1v) is 4.77. The lowest BCUT2D eigenvalue weighted by molar-refractivity contribution is -0.0113. The highest BCUT2D eigenvalue weighted by molar-refractivity contribution is 5.08. The van der Waals surface area contributed by atoms with E-state index in [9.17, 15) is 5.11 Å². The molecule has 0 saturated carbocycles. The predicted octanol–water partition coefficient (Wildman–Crippen LogP) is 1.47. The normalized spacial score (nSPS) is 25.8. The van der Waals surface area contributed by atoms with E-state index in [2.05, 4.69) is 4.98 Å². The van der Waals surface area contributed by atoms with Gasteiger partial charge in [0.05, 0.1) is 12.7 Å². The Balaban J connectivity index is 1.99. The number of hydrogen-bond acceptors (Lipinski definition) is 2. The quantitative estimate of drug-likeness (QED) is 0.725. The Morgan fingerprint density at radius 2 is 2.54 bits per heavy atom. The van der Waals surface area contributed by atoms with E-state index < -0.39 is 6.10 Å². The largest absolute Gasteiger partial charge is 0.387 e. The molecule has 0 spiro atoms. The van der Waals surface area contributed by atoms with Crippen molar-refractivity contribution in [1.29, 1.82) is 0 Å². The van der Waals surface area contributed by atoms with Gasteiger partial charge < -0.3 is 14.8 Å². The van der Waals surface area contributed by atoms with Crippen LogP contribution in [0.15, 0.2) is 18.3 Å². The standard InChI is InChI=1S/C10H15NO2/c12-10(9-4-1-5-11-9)8-3-2-6-13-7-8/h1,4-5,8,10-12H,2-3,6-7H2. The molecular formula is C10H15NO2. The maximum atomic E-state index is 9.92. The molecule has 1 aromatic heterocycles. The predicted molar refractivity (Wildman–Crippen MR) is 49.3 cm³/mol. The van der Waals surface area contributed by atoms with E-state index in [0.717, 1.165) is 25.1 Å². The molecule has 2 atom stereocenters. The first-order chi connectivity index (χ1) is 6.38. The first-order valence-electron chi connectivity index (χ1n) is 4.77. The van der Waals surface area contributed by atoms with Gasteiger partial charge in [-0.05, 0) is 25.0 Å². The first kappa shape index (κ1) is 8.78. The maximum Gasteiger partial charge on any atom is 0.0987 e. The molecular weight excluding hydrogens is 166 g/mol. The molecule has 1 aliphatic rings. The second-order valence-electron chi connectivity index (χ2n) is 3.55. The summed E-state index contributed by atoms with van der Waals surface area (Å²) < 4.78 is 5.33. The number of H-pyrrole nitrogens is 1. The maximum absolute atomic E-state index is 9.92. The lowest BCUT2D eigenvalue weighted by Crippen LogP contribution is -2.23. The summed E-state index contributed by atoms with van der Waals surface area (Å²) in [6.07, 6.45) is 3.56. The number of nitrogens with one attached hydrogen (secondary N) is 1. The number of aliphatic hydroxyl groups is 1. The average Bonchev–Trinajstić information content (AvgIpc) is 2.71. The van der Waals surface area contributed by atoms with E-state index in [0.29, 0.717) is 6.61 Å². The summed E-state index contributed by atoms with van der Waals surface area (Å²) in [7, 11) is 0. The number of rotatable bonds is 2. The molecule has 2 rings (SSSR count). The van der Waals surface area contributed by atoms with Crippen LogP contribution in [0, 0.1) is 5.92 Å². The van der Waals surface area contributed by atoms with Crippen LogP contribution in [0.2, 0.25) is 0 Å². The fraction of sp³-hybridized carbons (Fsp3) is 0.600. The number of aliphatic hydroxyl groups excluding tert-OH is 1. The molecule has 0 aliphatic carbocycles. The van der Waals surface area contributed by atoms with E-state index in [-0.39, 0.29) is 5.92 Å². The summed E-state index contributed by atoms with van der Waals surface area (Å²) in [5.74, 6) is 0.257. The molecule has 13 heavy (non-hydrogen) atoms. The van der Waals surface area contributed by atoms with Crippen LogP contribution in [0.25, 0.3) is 0 Å². The van der Waals surface area contributed by atoms with Crippen LogP contribution < -0.4 is 0 Å². The Bertz CT molecular complexity index is 239. The number of aromatic nitrogens is 1. The summed E-state index contributed by atoms with van der Waals surface area (Å²) >= 11 is 0. The topological polar surface area (TPSA) is 45.2 Å². The second-order valence-corrected chi connectivity index (χ2v) is 3.55. The minimum absolute atomic E-state index is 0.257. The fourth-order valence-corrected chi connectivity index (χ4v) is 1.80. The summed E-state index contributed by atoms with van der Waals surface area (Å²) in [5, 5.41) is 9.92. The minimum atomic E-state index is -0.393. The van der Waals surface area contributed by atoms with Crippen LogP contribution in [0.1, 0.15) is 24.6 Å². The summed E-state index contributed by atoms with van der Waals surface area (Å²) in [4.78, 5) is 3.03. The molecule has 2 heterocycles. The van der Waals surface area contributed by atoms with Gasteiger partial charge in [-0.1, -0.05) is 0 Å². The van der Waals surface area contributed by atoms with Crippen molar-refractivity contribution in [2.75, 3.05) is 13.2 Å². The van der Waals surface area contributed by atoms with Gasteiger partial charge in [0.15, 0.2) is 0 Å². The lowest BCUT2D eigenvalue weighted by atomic mass is 9.94. The monoisotopic (exact) mass is 181 g/mol. The van der Waals surface area contributed by atoms with Gasteiger partial charge in [0.2, 0.25) is 0 Å². The highest BCUT2D eigenvalue weighted by Crippen LogP contribution is 2.27. The number of aromatic amines is 1. The summed E-state index contributed by atoms with van der Waals surface area (Å²) in [6.45, 7) is 1.52. The van der Waals surface area contributed by atoms with Crippen LogP contribution in [0.5, 0.6) is 0 Å². The SMILES string of the molecule is OC(c1ccc[nH]1)C1CCCOC1. The van der Waals surface area contributed by atoms with Crippen molar-refractivity contribution in [3.63, 3.8) is 0 Å². The van der Waals surface area contributed by atoms with E-state index in [4.69, 9.17) is 4.74 Å². The Labute approximate surface area is 77.7 Å². The van der Waals surface area contributed by atoms with Crippen molar-refractivity contribution in [3.05, 3.63) is 24.0 Å². The van der Waals surface area contributed by atoms with E-state index in [1.165, 1.54) is 0 Å². The molecule has 3 heteroatoms. The molecule has 2 N–H and O–H groups in total. The van der Waals surface area contributed by atoms with E-state index in [1.807, 2.05) is 18.3 Å². The Kier molecular flexibility index (Phi) is 2.66. The van der Waals surface area contributed by atoms with Gasteiger partial charge in [0.25, 0.3) is 0 Å². The van der Waals surface area contributed by atoms with Crippen LogP contribution in [-0.4, -0.2) is 23.3 Å². The number of ether oxygens (including phenoxy) is 1. The van der Waals surface area contributed by atoms with Gasteiger partial charge in [-0.2, -0.15) is 0 Å². The summed E-state index contributed by atoms with van der Waals surface area (Å²) in [5.41, 5.74) is 0.899. The van der Waals surface area contributed by atoms with Gasteiger partial charge in [-0.3, -0.25) is 0 Å². The Morgan fingerprint density at radius 3 is 3.15 bits per heavy atom. The zero-order chi connectivity index (χ0) is 9.10. The Morgan fingerprint density at radius 1 is 1.62 bits per heavy atom. The third-order valence-corrected chi connectivity index (χ3v) is 2.58. The minimum Gasteiger partial charge on any atom is -0.387 e. The third-order valence-electron chi connectivity index (χ3n) is 2.58. The molecule has 3 nitrogen and oxygen atoms in total. The molecule has 0 aromatic carbocycles. The van der Waals surface area contributed by atoms with Gasteiger partial charge in [-0.25, -0.2) is 0 Å². The second kappa shape index (κ2) is 3.94. The highest BCUT2D eigenvalue weighted by Gasteiger charge is 2.23. The van der Waals surface area contributed by atoms with Gasteiger partial charge in [-0.15, -0.1) is 0 Å². The molecule has 1 aliphatic heterocycles. The van der Waals surface area contributed by atoms with Crippen molar-refractivity contribution < 1.29 is 9.84 Å². The van der Waals surface area contributed by atoms with Crippen LogP contribution in [0.4, 0.5) is 0 Å². The average molecular weight is 181 g/mol. The van der Waals surface area contributed by atoms with Gasteiger partial charge >= 0.3 is 0 Å². The van der Waals surface area contributed by atoms with Crippen LogP contribution in [0.3, 0.4) is 0 Å². The zero-order valence-electron chi connectivity index (χ0n) is 7.57. The molecule has 0 bridgehead atoms. The van der Waals surface area contributed by atoms with E-state index >= 15 is 0 Å². The van der Waals surface area contributed by atoms with Crippen molar-refractivity contribution >= 4 is 0 Å². The Hall–Kier alpha value is -0.800. The molecule has 0 radical (unpaired) electrons. The summed E-state index contributed by atoms with van der Waals surface area (Å²) in [6, 6.07) is 3.82. The molecule has 72 valence electrons. The van der Waals surface area contributed by atoms with Gasteiger partial charge in [0, 0.05) is 24.4 Å².